The van der Waals surface area contributed by atoms with Crippen molar-refractivity contribution in [2.45, 2.75) is 6.92 Å². The molecule has 84 valence electrons. The third-order valence-electron chi connectivity index (χ3n) is 2.14. The zero-order chi connectivity index (χ0) is 11.5. The lowest BCUT2D eigenvalue weighted by Gasteiger charge is -2.09. The number of benzene rings is 1. The largest absolute Gasteiger partial charge is 0.356 e. The molecule has 1 heterocycles. The molecule has 0 unspecified atom stereocenters. The molecule has 1 aromatic heterocycles. The minimum atomic E-state index is -0.614. The second-order valence-electron chi connectivity index (χ2n) is 3.25. The van der Waals surface area contributed by atoms with Crippen LogP contribution in [-0.4, -0.2) is 16.1 Å². The highest BCUT2D eigenvalue weighted by Gasteiger charge is 2.09. The van der Waals surface area contributed by atoms with Gasteiger partial charge in [-0.3, -0.25) is 4.57 Å². The molecule has 0 saturated carbocycles. The standard InChI is InChI=1S/C11H11F2N3/c1-2-14-11-15-5-6-16(11)10-4-3-8(12)7-9(10)13/h3-7H,2H2,1H3,(H,14,15). The Morgan fingerprint density at radius 3 is 2.88 bits per heavy atom. The summed E-state index contributed by atoms with van der Waals surface area (Å²) in [6.07, 6.45) is 3.18. The van der Waals surface area contributed by atoms with E-state index in [0.29, 0.717) is 12.5 Å². The SMILES string of the molecule is CCNc1nccn1-c1ccc(F)cc1F. The molecule has 5 heteroatoms. The molecule has 1 N–H and O–H groups in total. The lowest BCUT2D eigenvalue weighted by atomic mass is 10.3. The molecule has 3 nitrogen and oxygen atoms in total. The number of anilines is 1. The van der Waals surface area contributed by atoms with E-state index in [1.54, 1.807) is 12.4 Å². The highest BCUT2D eigenvalue weighted by molar-refractivity contribution is 5.42. The van der Waals surface area contributed by atoms with Crippen molar-refractivity contribution in [3.8, 4) is 5.69 Å². The van der Waals surface area contributed by atoms with Gasteiger partial charge in [-0.2, -0.15) is 0 Å². The molecule has 16 heavy (non-hydrogen) atoms. The number of hydrogen-bond acceptors (Lipinski definition) is 2. The number of hydrogen-bond donors (Lipinski definition) is 1. The van der Waals surface area contributed by atoms with Gasteiger partial charge in [0.2, 0.25) is 5.95 Å². The topological polar surface area (TPSA) is 29.9 Å². The number of nitrogens with one attached hydrogen (secondary N) is 1. The van der Waals surface area contributed by atoms with Gasteiger partial charge in [0.05, 0.1) is 5.69 Å². The number of aromatic nitrogens is 2. The van der Waals surface area contributed by atoms with Crippen LogP contribution in [0.25, 0.3) is 5.69 Å². The lowest BCUT2D eigenvalue weighted by Crippen LogP contribution is -2.06. The average molecular weight is 223 g/mol. The van der Waals surface area contributed by atoms with Crippen molar-refractivity contribution in [2.75, 3.05) is 11.9 Å². The molecule has 1 aromatic carbocycles. The molecule has 0 aliphatic heterocycles. The second kappa shape index (κ2) is 4.30. The Bertz CT molecular complexity index is 494. The minimum absolute atomic E-state index is 0.273. The van der Waals surface area contributed by atoms with E-state index in [9.17, 15) is 8.78 Å². The fourth-order valence-corrected chi connectivity index (χ4v) is 1.46. The van der Waals surface area contributed by atoms with Gasteiger partial charge in [0.1, 0.15) is 11.6 Å². The highest BCUT2D eigenvalue weighted by Crippen LogP contribution is 2.18. The molecular formula is C11H11F2N3. The Hall–Kier alpha value is -1.91. The Balaban J connectivity index is 2.46. The fourth-order valence-electron chi connectivity index (χ4n) is 1.46. The Kier molecular flexibility index (Phi) is 2.85. The van der Waals surface area contributed by atoms with Crippen LogP contribution >= 0.6 is 0 Å². The molecule has 0 aliphatic rings. The van der Waals surface area contributed by atoms with Crippen LogP contribution in [-0.2, 0) is 0 Å². The van der Waals surface area contributed by atoms with Gasteiger partial charge >= 0.3 is 0 Å². The quantitative estimate of drug-likeness (QED) is 0.866. The molecular weight excluding hydrogens is 212 g/mol. The van der Waals surface area contributed by atoms with Crippen LogP contribution in [0.1, 0.15) is 6.92 Å². The number of imidazole rings is 1. The molecule has 0 bridgehead atoms. The molecule has 0 radical (unpaired) electrons. The summed E-state index contributed by atoms with van der Waals surface area (Å²) >= 11 is 0. The maximum Gasteiger partial charge on any atom is 0.207 e. The van der Waals surface area contributed by atoms with Crippen molar-refractivity contribution >= 4 is 5.95 Å². The Labute approximate surface area is 91.7 Å². The van der Waals surface area contributed by atoms with E-state index in [2.05, 4.69) is 10.3 Å². The van der Waals surface area contributed by atoms with Crippen LogP contribution in [0.2, 0.25) is 0 Å². The zero-order valence-electron chi connectivity index (χ0n) is 8.74. The van der Waals surface area contributed by atoms with E-state index in [4.69, 9.17) is 0 Å². The van der Waals surface area contributed by atoms with Gasteiger partial charge in [-0.15, -0.1) is 0 Å². The number of nitrogens with zero attached hydrogens (tertiary/aromatic N) is 2. The van der Waals surface area contributed by atoms with Crippen LogP contribution in [0.15, 0.2) is 30.6 Å². The fraction of sp³-hybridized carbons (Fsp3) is 0.182. The third-order valence-corrected chi connectivity index (χ3v) is 2.14. The molecule has 0 saturated heterocycles. The van der Waals surface area contributed by atoms with Crippen LogP contribution in [0.5, 0.6) is 0 Å². The van der Waals surface area contributed by atoms with E-state index in [1.165, 1.54) is 16.7 Å². The van der Waals surface area contributed by atoms with Crippen molar-refractivity contribution < 1.29 is 8.78 Å². The van der Waals surface area contributed by atoms with Crippen LogP contribution in [0.4, 0.5) is 14.7 Å². The van der Waals surface area contributed by atoms with Gasteiger partial charge in [-0.25, -0.2) is 13.8 Å². The van der Waals surface area contributed by atoms with Gasteiger partial charge in [-0.1, -0.05) is 0 Å². The van der Waals surface area contributed by atoms with E-state index in [1.807, 2.05) is 6.92 Å². The van der Waals surface area contributed by atoms with Crippen molar-refractivity contribution in [1.82, 2.24) is 9.55 Å². The summed E-state index contributed by atoms with van der Waals surface area (Å²) in [5.41, 5.74) is 0.273. The predicted octanol–water partition coefficient (Wildman–Crippen LogP) is 2.58. The van der Waals surface area contributed by atoms with Gasteiger partial charge in [0.15, 0.2) is 0 Å². The normalized spacial score (nSPS) is 10.4. The Morgan fingerprint density at radius 1 is 1.38 bits per heavy atom. The van der Waals surface area contributed by atoms with Crippen LogP contribution in [0.3, 0.4) is 0 Å². The summed E-state index contributed by atoms with van der Waals surface area (Å²) in [6.45, 7) is 2.60. The third kappa shape index (κ3) is 1.88. The van der Waals surface area contributed by atoms with E-state index < -0.39 is 11.6 Å². The van der Waals surface area contributed by atoms with Crippen molar-refractivity contribution in [1.29, 1.82) is 0 Å². The minimum Gasteiger partial charge on any atom is -0.356 e. The molecule has 0 spiro atoms. The van der Waals surface area contributed by atoms with Gasteiger partial charge in [0, 0.05) is 25.0 Å². The summed E-state index contributed by atoms with van der Waals surface area (Å²) < 4.78 is 27.8. The maximum atomic E-state index is 13.5. The first-order valence-electron chi connectivity index (χ1n) is 4.95. The molecule has 0 atom stereocenters. The summed E-state index contributed by atoms with van der Waals surface area (Å²) in [7, 11) is 0. The van der Waals surface area contributed by atoms with Gasteiger partial charge < -0.3 is 5.32 Å². The first-order valence-corrected chi connectivity index (χ1v) is 4.95. The summed E-state index contributed by atoms with van der Waals surface area (Å²) in [5, 5.41) is 2.99. The lowest BCUT2D eigenvalue weighted by molar-refractivity contribution is 0.578. The van der Waals surface area contributed by atoms with Gasteiger partial charge in [-0.05, 0) is 19.1 Å². The summed E-state index contributed by atoms with van der Waals surface area (Å²) in [5.74, 6) is -0.670. The molecule has 2 rings (SSSR count). The average Bonchev–Trinajstić information content (AvgIpc) is 2.67. The van der Waals surface area contributed by atoms with E-state index in [-0.39, 0.29) is 5.69 Å². The first kappa shape index (κ1) is 10.6. The number of rotatable bonds is 3. The molecule has 0 amide bonds. The van der Waals surface area contributed by atoms with E-state index in [0.717, 1.165) is 6.07 Å². The van der Waals surface area contributed by atoms with Crippen LogP contribution < -0.4 is 5.32 Å². The smallest absolute Gasteiger partial charge is 0.207 e. The monoisotopic (exact) mass is 223 g/mol. The molecule has 0 fully saturated rings. The van der Waals surface area contributed by atoms with Crippen molar-refractivity contribution in [3.05, 3.63) is 42.2 Å². The van der Waals surface area contributed by atoms with Crippen molar-refractivity contribution in [2.24, 2.45) is 0 Å². The molecule has 0 aliphatic carbocycles. The highest BCUT2D eigenvalue weighted by atomic mass is 19.1. The summed E-state index contributed by atoms with van der Waals surface area (Å²) in [4.78, 5) is 4.04. The van der Waals surface area contributed by atoms with Crippen LogP contribution in [0, 0.1) is 11.6 Å². The summed E-state index contributed by atoms with van der Waals surface area (Å²) in [6, 6.07) is 3.45. The predicted molar refractivity (Wildman–Crippen MR) is 57.6 cm³/mol. The first-order chi connectivity index (χ1) is 7.72. The second-order valence-corrected chi connectivity index (χ2v) is 3.25. The van der Waals surface area contributed by atoms with E-state index >= 15 is 0 Å². The van der Waals surface area contributed by atoms with Crippen molar-refractivity contribution in [3.63, 3.8) is 0 Å². The number of halogens is 2. The van der Waals surface area contributed by atoms with Gasteiger partial charge in [0.25, 0.3) is 0 Å². The Morgan fingerprint density at radius 2 is 2.19 bits per heavy atom. The molecule has 2 aromatic rings. The zero-order valence-corrected chi connectivity index (χ0v) is 8.74. The maximum absolute atomic E-state index is 13.5.